The molecular formula is C24H26N2O7. The molecule has 1 N–H and O–H groups in total. The summed E-state index contributed by atoms with van der Waals surface area (Å²) in [6.07, 6.45) is 0.456. The van der Waals surface area contributed by atoms with Gasteiger partial charge in [-0.1, -0.05) is 0 Å². The molecule has 0 aromatic heterocycles. The van der Waals surface area contributed by atoms with Crippen LogP contribution in [0.25, 0.3) is 5.76 Å². The number of ether oxygens (including phenoxy) is 2. The maximum absolute atomic E-state index is 13.0. The lowest BCUT2D eigenvalue weighted by molar-refractivity contribution is -0.384. The summed E-state index contributed by atoms with van der Waals surface area (Å²) >= 11 is 0. The van der Waals surface area contributed by atoms with E-state index in [0.29, 0.717) is 29.9 Å². The Bertz CT molecular complexity index is 1060. The van der Waals surface area contributed by atoms with Crippen LogP contribution in [0.15, 0.2) is 54.1 Å². The minimum atomic E-state index is -0.880. The summed E-state index contributed by atoms with van der Waals surface area (Å²) in [5.41, 5.74) is 0.658. The van der Waals surface area contributed by atoms with Crippen molar-refractivity contribution in [2.45, 2.75) is 32.4 Å². The van der Waals surface area contributed by atoms with Crippen LogP contribution in [-0.4, -0.2) is 53.0 Å². The van der Waals surface area contributed by atoms with Crippen LogP contribution in [0.3, 0.4) is 0 Å². The molecule has 0 radical (unpaired) electrons. The third-order valence-electron chi connectivity index (χ3n) is 5.21. The number of carbonyl (C=O) groups is 2. The first kappa shape index (κ1) is 23.9. The van der Waals surface area contributed by atoms with Gasteiger partial charge in [-0.2, -0.15) is 0 Å². The first-order chi connectivity index (χ1) is 15.7. The molecule has 0 bridgehead atoms. The van der Waals surface area contributed by atoms with Crippen molar-refractivity contribution < 1.29 is 29.1 Å². The maximum Gasteiger partial charge on any atom is 0.295 e. The Hall–Kier alpha value is -3.72. The van der Waals surface area contributed by atoms with E-state index in [9.17, 15) is 24.8 Å². The van der Waals surface area contributed by atoms with Crippen molar-refractivity contribution in [1.29, 1.82) is 0 Å². The number of aliphatic hydroxyl groups excluding tert-OH is 1. The van der Waals surface area contributed by atoms with E-state index in [1.54, 1.807) is 24.3 Å². The SMILES string of the molecule is COCCCN1C(=O)C(=O)C(=C(O)c2ccc(OC(C)C)cc2)C1c1ccc([N+](=O)[O-])cc1. The second-order valence-corrected chi connectivity index (χ2v) is 7.88. The van der Waals surface area contributed by atoms with E-state index in [0.717, 1.165) is 0 Å². The molecule has 1 atom stereocenters. The smallest absolute Gasteiger partial charge is 0.295 e. The third kappa shape index (κ3) is 5.20. The summed E-state index contributed by atoms with van der Waals surface area (Å²) < 4.78 is 10.7. The predicted molar refractivity (Wildman–Crippen MR) is 121 cm³/mol. The molecule has 9 nitrogen and oxygen atoms in total. The Morgan fingerprint density at radius 1 is 1.12 bits per heavy atom. The Labute approximate surface area is 191 Å². The van der Waals surface area contributed by atoms with Gasteiger partial charge in [0.1, 0.15) is 11.5 Å². The lowest BCUT2D eigenvalue weighted by Gasteiger charge is -2.25. The molecule has 9 heteroatoms. The van der Waals surface area contributed by atoms with Crippen LogP contribution < -0.4 is 4.74 Å². The number of nitrogens with zero attached hydrogens (tertiary/aromatic N) is 2. The number of hydrogen-bond donors (Lipinski definition) is 1. The Kier molecular flexibility index (Phi) is 7.44. The van der Waals surface area contributed by atoms with Gasteiger partial charge in [0.25, 0.3) is 17.4 Å². The Balaban J connectivity index is 2.06. The molecule has 0 saturated carbocycles. The van der Waals surface area contributed by atoms with E-state index in [-0.39, 0.29) is 29.7 Å². The predicted octanol–water partition coefficient (Wildman–Crippen LogP) is 3.84. The van der Waals surface area contributed by atoms with Crippen molar-refractivity contribution in [3.63, 3.8) is 0 Å². The van der Waals surface area contributed by atoms with E-state index < -0.39 is 22.7 Å². The van der Waals surface area contributed by atoms with Gasteiger partial charge in [-0.05, 0) is 62.2 Å². The van der Waals surface area contributed by atoms with Gasteiger partial charge in [0, 0.05) is 38.0 Å². The molecule has 1 aliphatic rings. The van der Waals surface area contributed by atoms with Crippen molar-refractivity contribution >= 4 is 23.1 Å². The molecule has 2 aromatic rings. The average Bonchev–Trinajstić information content (AvgIpc) is 3.04. The van der Waals surface area contributed by atoms with Gasteiger partial charge in [-0.3, -0.25) is 19.7 Å². The molecule has 1 fully saturated rings. The summed E-state index contributed by atoms with van der Waals surface area (Å²) in [5, 5.41) is 22.1. The highest BCUT2D eigenvalue weighted by Crippen LogP contribution is 2.40. The van der Waals surface area contributed by atoms with Crippen LogP contribution in [0.1, 0.15) is 37.4 Å². The first-order valence-corrected chi connectivity index (χ1v) is 10.5. The molecule has 0 aliphatic carbocycles. The van der Waals surface area contributed by atoms with Crippen molar-refractivity contribution in [3.8, 4) is 5.75 Å². The summed E-state index contributed by atoms with van der Waals surface area (Å²) in [4.78, 5) is 37.7. The standard InChI is InChI=1S/C24H26N2O7/c1-15(2)33-19-11-7-17(8-12-19)22(27)20-21(16-5-9-18(10-6-16)26(30)31)25(13-4-14-32-3)24(29)23(20)28/h5-12,15,21,27H,4,13-14H2,1-3H3. The monoisotopic (exact) mass is 454 g/mol. The van der Waals surface area contributed by atoms with E-state index in [1.165, 1.54) is 36.3 Å². The molecule has 1 heterocycles. The normalized spacial score (nSPS) is 17.6. The number of likely N-dealkylation sites (tertiary alicyclic amines) is 1. The second kappa shape index (κ2) is 10.3. The number of benzene rings is 2. The number of ketones is 1. The number of nitro benzene ring substituents is 1. The number of nitro groups is 1. The second-order valence-electron chi connectivity index (χ2n) is 7.88. The fraction of sp³-hybridized carbons (Fsp3) is 0.333. The highest BCUT2D eigenvalue weighted by molar-refractivity contribution is 6.46. The minimum Gasteiger partial charge on any atom is -0.507 e. The van der Waals surface area contributed by atoms with E-state index in [2.05, 4.69) is 0 Å². The lowest BCUT2D eigenvalue weighted by atomic mass is 9.95. The van der Waals surface area contributed by atoms with Gasteiger partial charge in [0.05, 0.1) is 22.6 Å². The molecule has 1 saturated heterocycles. The number of rotatable bonds is 9. The van der Waals surface area contributed by atoms with Gasteiger partial charge in [-0.25, -0.2) is 0 Å². The molecule has 1 unspecified atom stereocenters. The fourth-order valence-electron chi connectivity index (χ4n) is 3.73. The molecule has 3 rings (SSSR count). The third-order valence-corrected chi connectivity index (χ3v) is 5.21. The number of non-ortho nitro benzene ring substituents is 1. The van der Waals surface area contributed by atoms with Crippen LogP contribution in [0.2, 0.25) is 0 Å². The van der Waals surface area contributed by atoms with E-state index in [4.69, 9.17) is 9.47 Å². The zero-order valence-electron chi connectivity index (χ0n) is 18.7. The van der Waals surface area contributed by atoms with Crippen molar-refractivity contribution in [3.05, 3.63) is 75.3 Å². The van der Waals surface area contributed by atoms with Crippen molar-refractivity contribution in [1.82, 2.24) is 4.90 Å². The van der Waals surface area contributed by atoms with Gasteiger partial charge >= 0.3 is 0 Å². The number of hydrogen-bond acceptors (Lipinski definition) is 7. The number of carbonyl (C=O) groups excluding carboxylic acids is 2. The minimum absolute atomic E-state index is 0.0241. The lowest BCUT2D eigenvalue weighted by Crippen LogP contribution is -2.31. The molecule has 2 aromatic carbocycles. The Morgan fingerprint density at radius 2 is 1.76 bits per heavy atom. The number of amides is 1. The van der Waals surface area contributed by atoms with Crippen molar-refractivity contribution in [2.24, 2.45) is 0 Å². The fourth-order valence-corrected chi connectivity index (χ4v) is 3.73. The highest BCUT2D eigenvalue weighted by Gasteiger charge is 2.45. The van der Waals surface area contributed by atoms with Crippen molar-refractivity contribution in [2.75, 3.05) is 20.3 Å². The quantitative estimate of drug-likeness (QED) is 0.153. The molecule has 1 aliphatic heterocycles. The van der Waals surface area contributed by atoms with E-state index in [1.807, 2.05) is 13.8 Å². The van der Waals surface area contributed by atoms with Crippen LogP contribution in [0, 0.1) is 10.1 Å². The molecule has 1 amide bonds. The van der Waals surface area contributed by atoms with Gasteiger partial charge < -0.3 is 19.5 Å². The summed E-state index contributed by atoms with van der Waals surface area (Å²) in [6, 6.07) is 11.3. The van der Waals surface area contributed by atoms with Crippen LogP contribution >= 0.6 is 0 Å². The molecule has 174 valence electrons. The van der Waals surface area contributed by atoms with Gasteiger partial charge in [-0.15, -0.1) is 0 Å². The average molecular weight is 454 g/mol. The number of Topliss-reactive ketones (excluding diaryl/α,β-unsaturated/α-hetero) is 1. The van der Waals surface area contributed by atoms with Crippen LogP contribution in [0.4, 0.5) is 5.69 Å². The molecule has 33 heavy (non-hydrogen) atoms. The summed E-state index contributed by atoms with van der Waals surface area (Å²) in [6.45, 7) is 4.39. The topological polar surface area (TPSA) is 119 Å². The summed E-state index contributed by atoms with van der Waals surface area (Å²) in [7, 11) is 1.54. The highest BCUT2D eigenvalue weighted by atomic mass is 16.6. The molecular weight excluding hydrogens is 428 g/mol. The number of methoxy groups -OCH3 is 1. The first-order valence-electron chi connectivity index (χ1n) is 10.5. The van der Waals surface area contributed by atoms with Crippen LogP contribution in [-0.2, 0) is 14.3 Å². The van der Waals surface area contributed by atoms with Crippen LogP contribution in [0.5, 0.6) is 5.75 Å². The van der Waals surface area contributed by atoms with Gasteiger partial charge in [0.2, 0.25) is 0 Å². The number of aliphatic hydroxyl groups is 1. The summed E-state index contributed by atoms with van der Waals surface area (Å²) in [5.74, 6) is -1.26. The van der Waals surface area contributed by atoms with E-state index >= 15 is 0 Å². The Morgan fingerprint density at radius 3 is 2.30 bits per heavy atom. The van der Waals surface area contributed by atoms with Gasteiger partial charge in [0.15, 0.2) is 0 Å². The molecule has 0 spiro atoms. The largest absolute Gasteiger partial charge is 0.507 e. The zero-order valence-corrected chi connectivity index (χ0v) is 18.7. The maximum atomic E-state index is 13.0. The zero-order chi connectivity index (χ0) is 24.1.